The second-order valence-corrected chi connectivity index (χ2v) is 11.6. The third-order valence-electron chi connectivity index (χ3n) is 9.05. The van der Waals surface area contributed by atoms with E-state index in [9.17, 15) is 0 Å². The Morgan fingerprint density at radius 3 is 2.29 bits per heavy atom. The van der Waals surface area contributed by atoms with Gasteiger partial charge in [-0.1, -0.05) is 127 Å². The van der Waals surface area contributed by atoms with Gasteiger partial charge in [0.15, 0.2) is 0 Å². The normalized spacial score (nSPS) is 14.8. The summed E-state index contributed by atoms with van der Waals surface area (Å²) in [5.74, 6) is 0.131. The third kappa shape index (κ3) is 4.16. The number of nitrogens with one attached hydrogen (secondary N) is 1. The van der Waals surface area contributed by atoms with E-state index in [-0.39, 0.29) is 5.92 Å². The topological polar surface area (TPSA) is 33.6 Å². The number of hydrogen-bond acceptors (Lipinski definition) is 1. The molecule has 212 valence electrons. The van der Waals surface area contributed by atoms with Gasteiger partial charge in [0, 0.05) is 44.2 Å². The summed E-state index contributed by atoms with van der Waals surface area (Å²) in [5, 5.41) is 4.96. The molecule has 3 heteroatoms. The average Bonchev–Trinajstić information content (AvgIpc) is 3.54. The van der Waals surface area contributed by atoms with E-state index in [1.54, 1.807) is 0 Å². The molecule has 0 radical (unpaired) electrons. The number of aromatic amines is 1. The van der Waals surface area contributed by atoms with Crippen molar-refractivity contribution in [2.75, 3.05) is 0 Å². The molecular formula is C42H29N3. The summed E-state index contributed by atoms with van der Waals surface area (Å²) in [6.45, 7) is 0. The van der Waals surface area contributed by atoms with Crippen LogP contribution in [0.2, 0.25) is 0 Å². The maximum Gasteiger partial charge on any atom is 0.0783 e. The molecule has 1 aliphatic carbocycles. The fourth-order valence-electron chi connectivity index (χ4n) is 7.00. The van der Waals surface area contributed by atoms with Crippen molar-refractivity contribution in [3.05, 3.63) is 175 Å². The van der Waals surface area contributed by atoms with Gasteiger partial charge in [-0.25, -0.2) is 4.98 Å². The van der Waals surface area contributed by atoms with E-state index in [0.29, 0.717) is 0 Å². The number of H-pyrrole nitrogens is 1. The molecule has 3 aromatic heterocycles. The Labute approximate surface area is 261 Å². The molecule has 1 atom stereocenters. The molecule has 5 aromatic carbocycles. The van der Waals surface area contributed by atoms with Gasteiger partial charge in [-0.2, -0.15) is 0 Å². The highest BCUT2D eigenvalue weighted by Crippen LogP contribution is 2.39. The monoisotopic (exact) mass is 575 g/mol. The van der Waals surface area contributed by atoms with Crippen LogP contribution in [0.3, 0.4) is 0 Å². The zero-order chi connectivity index (χ0) is 29.7. The lowest BCUT2D eigenvalue weighted by atomic mass is 9.88. The summed E-state index contributed by atoms with van der Waals surface area (Å²) in [6, 6.07) is 47.6. The van der Waals surface area contributed by atoms with Crippen molar-refractivity contribution >= 4 is 49.2 Å². The van der Waals surface area contributed by atoms with Crippen LogP contribution in [0.15, 0.2) is 164 Å². The number of nitrogens with zero attached hydrogens (tertiary/aromatic N) is 2. The minimum atomic E-state index is 0.131. The number of hydrogen-bond donors (Lipinski definition) is 1. The van der Waals surface area contributed by atoms with E-state index in [2.05, 4.69) is 173 Å². The number of fused-ring (bicyclic) bond motifs is 7. The Morgan fingerprint density at radius 1 is 0.578 bits per heavy atom. The molecule has 9 rings (SSSR count). The van der Waals surface area contributed by atoms with E-state index < -0.39 is 0 Å². The van der Waals surface area contributed by atoms with Gasteiger partial charge in [0.25, 0.3) is 0 Å². The maximum atomic E-state index is 5.26. The zero-order valence-electron chi connectivity index (χ0n) is 24.6. The van der Waals surface area contributed by atoms with Crippen LogP contribution in [0.4, 0.5) is 0 Å². The lowest BCUT2D eigenvalue weighted by Gasteiger charge is -2.18. The molecule has 0 bridgehead atoms. The molecule has 0 saturated heterocycles. The number of aromatic nitrogens is 3. The van der Waals surface area contributed by atoms with Crippen molar-refractivity contribution in [3.63, 3.8) is 0 Å². The van der Waals surface area contributed by atoms with E-state index in [0.717, 1.165) is 33.7 Å². The zero-order valence-corrected chi connectivity index (χ0v) is 24.6. The first kappa shape index (κ1) is 25.6. The summed E-state index contributed by atoms with van der Waals surface area (Å²) in [7, 11) is 0. The van der Waals surface area contributed by atoms with Gasteiger partial charge < -0.3 is 9.55 Å². The maximum absolute atomic E-state index is 5.26. The summed E-state index contributed by atoms with van der Waals surface area (Å²) < 4.78 is 2.41. The van der Waals surface area contributed by atoms with Crippen molar-refractivity contribution in [2.45, 2.75) is 5.92 Å². The Hall–Kier alpha value is -5.93. The molecule has 8 aromatic rings. The molecule has 0 amide bonds. The van der Waals surface area contributed by atoms with Crippen LogP contribution < -0.4 is 0 Å². The number of rotatable bonds is 4. The standard InChI is InChI=1S/C42H29N3/c1-3-13-28(14-4-1)31-17-5-2-6-18-32(31)38-23-12-22-37(43-38)29-15-11-16-30(27-29)45-40-24-10-8-20-34(40)36-26-25-35-33-19-7-9-21-39(33)44-41(35)42(36)45/h1-27,31,44H. The van der Waals surface area contributed by atoms with Crippen LogP contribution in [0, 0.1) is 0 Å². The van der Waals surface area contributed by atoms with Crippen molar-refractivity contribution in [2.24, 2.45) is 0 Å². The molecule has 0 fully saturated rings. The summed E-state index contributed by atoms with van der Waals surface area (Å²) in [6.07, 6.45) is 10.8. The molecule has 0 saturated carbocycles. The molecule has 3 heterocycles. The average molecular weight is 576 g/mol. The highest BCUT2D eigenvalue weighted by molar-refractivity contribution is 6.22. The predicted octanol–water partition coefficient (Wildman–Crippen LogP) is 10.8. The summed E-state index contributed by atoms with van der Waals surface area (Å²) >= 11 is 0. The highest BCUT2D eigenvalue weighted by atomic mass is 15.0. The highest BCUT2D eigenvalue weighted by Gasteiger charge is 2.20. The Bertz CT molecular complexity index is 2490. The molecule has 1 unspecified atom stereocenters. The van der Waals surface area contributed by atoms with Gasteiger partial charge in [0.1, 0.15) is 0 Å². The third-order valence-corrected chi connectivity index (χ3v) is 9.05. The molecular weight excluding hydrogens is 546 g/mol. The SMILES string of the molecule is C1=CC=C(c2cccc(-c3cccc(-n4c5ccccc5c5ccc6c7ccccc7[nH]c6c54)c3)n2)C(c2ccccc2)C=C1. The molecule has 3 nitrogen and oxygen atoms in total. The fourth-order valence-corrected chi connectivity index (χ4v) is 7.00. The van der Waals surface area contributed by atoms with Gasteiger partial charge >= 0.3 is 0 Å². The molecule has 1 aliphatic rings. The second-order valence-electron chi connectivity index (χ2n) is 11.6. The van der Waals surface area contributed by atoms with E-state index >= 15 is 0 Å². The van der Waals surface area contributed by atoms with E-state index in [1.165, 1.54) is 43.7 Å². The van der Waals surface area contributed by atoms with Crippen LogP contribution in [0.5, 0.6) is 0 Å². The van der Waals surface area contributed by atoms with Crippen molar-refractivity contribution in [1.29, 1.82) is 0 Å². The van der Waals surface area contributed by atoms with Crippen LogP contribution in [-0.4, -0.2) is 14.5 Å². The Kier molecular flexibility index (Phi) is 5.88. The molecule has 0 aliphatic heterocycles. The van der Waals surface area contributed by atoms with Crippen molar-refractivity contribution in [1.82, 2.24) is 14.5 Å². The number of para-hydroxylation sites is 2. The number of allylic oxidation sites excluding steroid dienone is 6. The molecule has 45 heavy (non-hydrogen) atoms. The first-order valence-corrected chi connectivity index (χ1v) is 15.4. The van der Waals surface area contributed by atoms with Gasteiger partial charge in [-0.15, -0.1) is 0 Å². The smallest absolute Gasteiger partial charge is 0.0783 e. The summed E-state index contributed by atoms with van der Waals surface area (Å²) in [4.78, 5) is 9.01. The minimum Gasteiger partial charge on any atom is -0.353 e. The lowest BCUT2D eigenvalue weighted by Crippen LogP contribution is -2.02. The predicted molar refractivity (Wildman–Crippen MR) is 189 cm³/mol. The van der Waals surface area contributed by atoms with E-state index in [1.807, 2.05) is 0 Å². The second kappa shape index (κ2) is 10.4. The summed E-state index contributed by atoms with van der Waals surface area (Å²) in [5.41, 5.74) is 11.3. The van der Waals surface area contributed by atoms with Gasteiger partial charge in [0.2, 0.25) is 0 Å². The van der Waals surface area contributed by atoms with E-state index in [4.69, 9.17) is 4.98 Å². The van der Waals surface area contributed by atoms with Crippen LogP contribution in [-0.2, 0) is 0 Å². The minimum absolute atomic E-state index is 0.131. The quantitative estimate of drug-likeness (QED) is 0.222. The van der Waals surface area contributed by atoms with Crippen molar-refractivity contribution < 1.29 is 0 Å². The fraction of sp³-hybridized carbons (Fsp3) is 0.0238. The lowest BCUT2D eigenvalue weighted by molar-refractivity contribution is 1.08. The Balaban J connectivity index is 1.21. The number of benzene rings is 5. The Morgan fingerprint density at radius 2 is 1.36 bits per heavy atom. The van der Waals surface area contributed by atoms with Crippen LogP contribution in [0.1, 0.15) is 17.2 Å². The van der Waals surface area contributed by atoms with Gasteiger partial charge in [-0.3, -0.25) is 0 Å². The van der Waals surface area contributed by atoms with Gasteiger partial charge in [-0.05, 0) is 47.5 Å². The molecule has 0 spiro atoms. The first-order valence-electron chi connectivity index (χ1n) is 15.4. The van der Waals surface area contributed by atoms with Crippen molar-refractivity contribution in [3.8, 4) is 16.9 Å². The number of pyridine rings is 1. The molecule has 1 N–H and O–H groups in total. The van der Waals surface area contributed by atoms with Crippen LogP contribution >= 0.6 is 0 Å². The van der Waals surface area contributed by atoms with Gasteiger partial charge in [0.05, 0.1) is 27.9 Å². The van der Waals surface area contributed by atoms with Crippen LogP contribution in [0.25, 0.3) is 66.1 Å². The largest absolute Gasteiger partial charge is 0.353 e. The first-order chi connectivity index (χ1) is 22.3.